The number of nitrogens with one attached hydrogen (secondary N) is 1. The molecule has 0 heterocycles. The van der Waals surface area contributed by atoms with Gasteiger partial charge in [0.1, 0.15) is 5.82 Å². The second-order valence-corrected chi connectivity index (χ2v) is 6.12. The van der Waals surface area contributed by atoms with E-state index in [0.29, 0.717) is 0 Å². The van der Waals surface area contributed by atoms with Gasteiger partial charge < -0.3 is 5.32 Å². The Labute approximate surface area is 102 Å². The first-order valence-electron chi connectivity index (χ1n) is 5.67. The topological polar surface area (TPSA) is 46.2 Å². The van der Waals surface area contributed by atoms with Crippen molar-refractivity contribution >= 4 is 9.84 Å². The first-order valence-corrected chi connectivity index (χ1v) is 7.32. The van der Waals surface area contributed by atoms with Crippen molar-refractivity contribution in [1.29, 1.82) is 0 Å². The molecular weight excluding hydrogens is 241 g/mol. The van der Waals surface area contributed by atoms with Crippen LogP contribution in [0.4, 0.5) is 4.39 Å². The minimum Gasteiger partial charge on any atom is -0.313 e. The lowest BCUT2D eigenvalue weighted by Gasteiger charge is -2.13. The Kier molecular flexibility index (Phi) is 5.08. The van der Waals surface area contributed by atoms with E-state index in [2.05, 4.69) is 5.32 Å². The van der Waals surface area contributed by atoms with E-state index in [4.69, 9.17) is 0 Å². The maximum atomic E-state index is 12.7. The number of sulfone groups is 1. The molecule has 3 nitrogen and oxygen atoms in total. The largest absolute Gasteiger partial charge is 0.313 e. The fourth-order valence-electron chi connectivity index (χ4n) is 1.52. The highest BCUT2D eigenvalue weighted by Gasteiger charge is 2.17. The molecule has 1 atom stereocenters. The molecule has 1 rings (SSSR count). The minimum atomic E-state index is -3.34. The molecule has 0 aromatic heterocycles. The predicted molar refractivity (Wildman–Crippen MR) is 66.2 cm³/mol. The summed E-state index contributed by atoms with van der Waals surface area (Å²) < 4.78 is 36.6. The molecule has 1 N–H and O–H groups in total. The molecule has 0 saturated heterocycles. The summed E-state index contributed by atoms with van der Waals surface area (Å²) in [5, 5.41) is 3.12. The molecule has 0 aliphatic carbocycles. The van der Waals surface area contributed by atoms with Gasteiger partial charge in [0.2, 0.25) is 0 Å². The Bertz CT molecular complexity index is 442. The van der Waals surface area contributed by atoms with Gasteiger partial charge in [-0.15, -0.1) is 0 Å². The maximum absolute atomic E-state index is 12.7. The fourth-order valence-corrected chi connectivity index (χ4v) is 3.04. The summed E-state index contributed by atoms with van der Waals surface area (Å²) in [6, 6.07) is 4.83. The lowest BCUT2D eigenvalue weighted by molar-refractivity contribution is 0.555. The highest BCUT2D eigenvalue weighted by atomic mass is 32.2. The van der Waals surface area contributed by atoms with Crippen LogP contribution >= 0.6 is 0 Å². The van der Waals surface area contributed by atoms with Crippen molar-refractivity contribution in [3.63, 3.8) is 0 Å². The van der Waals surface area contributed by atoms with Crippen LogP contribution in [-0.4, -0.2) is 26.8 Å². The fraction of sp³-hybridized carbons (Fsp3) is 0.500. The highest BCUT2D eigenvalue weighted by molar-refractivity contribution is 7.91. The zero-order chi connectivity index (χ0) is 12.9. The minimum absolute atomic E-state index is 0.0264. The molecule has 96 valence electrons. The number of halogens is 1. The van der Waals surface area contributed by atoms with Gasteiger partial charge in [-0.3, -0.25) is 0 Å². The Balaban J connectivity index is 2.71. The molecule has 0 saturated carbocycles. The van der Waals surface area contributed by atoms with Crippen molar-refractivity contribution in [2.24, 2.45) is 0 Å². The Hall–Kier alpha value is -0.940. The van der Waals surface area contributed by atoms with Crippen molar-refractivity contribution in [1.82, 2.24) is 5.32 Å². The van der Waals surface area contributed by atoms with Gasteiger partial charge in [0, 0.05) is 6.04 Å². The van der Waals surface area contributed by atoms with Gasteiger partial charge in [0.25, 0.3) is 0 Å². The molecule has 5 heteroatoms. The van der Waals surface area contributed by atoms with Gasteiger partial charge in [0.15, 0.2) is 9.84 Å². The van der Waals surface area contributed by atoms with Crippen molar-refractivity contribution in [3.8, 4) is 0 Å². The van der Waals surface area contributed by atoms with Crippen molar-refractivity contribution in [2.75, 3.05) is 12.3 Å². The monoisotopic (exact) mass is 259 g/mol. The van der Waals surface area contributed by atoms with Crippen LogP contribution in [0.15, 0.2) is 29.2 Å². The Morgan fingerprint density at radius 3 is 2.41 bits per heavy atom. The quantitative estimate of drug-likeness (QED) is 0.795. The maximum Gasteiger partial charge on any atom is 0.179 e. The van der Waals surface area contributed by atoms with Crippen LogP contribution in [0.3, 0.4) is 0 Å². The van der Waals surface area contributed by atoms with Gasteiger partial charge in [-0.2, -0.15) is 0 Å². The van der Waals surface area contributed by atoms with Crippen molar-refractivity contribution in [2.45, 2.75) is 31.2 Å². The molecule has 17 heavy (non-hydrogen) atoms. The van der Waals surface area contributed by atoms with E-state index in [1.54, 1.807) is 0 Å². The van der Waals surface area contributed by atoms with E-state index in [1.165, 1.54) is 12.1 Å². The Morgan fingerprint density at radius 1 is 1.29 bits per heavy atom. The molecule has 1 aromatic rings. The summed E-state index contributed by atoms with van der Waals surface area (Å²) >= 11 is 0. The van der Waals surface area contributed by atoms with Crippen molar-refractivity contribution < 1.29 is 12.8 Å². The van der Waals surface area contributed by atoms with Crippen LogP contribution in [0.25, 0.3) is 0 Å². The first kappa shape index (κ1) is 14.1. The molecule has 1 unspecified atom stereocenters. The third kappa shape index (κ3) is 4.44. The molecule has 1 aromatic carbocycles. The molecule has 0 spiro atoms. The van der Waals surface area contributed by atoms with Crippen LogP contribution < -0.4 is 5.32 Å². The normalized spacial score (nSPS) is 13.6. The Morgan fingerprint density at radius 2 is 1.88 bits per heavy atom. The third-order valence-corrected chi connectivity index (χ3v) is 4.31. The van der Waals surface area contributed by atoms with E-state index in [0.717, 1.165) is 25.1 Å². The number of rotatable bonds is 6. The zero-order valence-electron chi connectivity index (χ0n) is 10.1. The van der Waals surface area contributed by atoms with Crippen LogP contribution in [0.5, 0.6) is 0 Å². The lowest BCUT2D eigenvalue weighted by atomic mass is 10.3. The SMILES string of the molecule is CCCNC(C)CS(=O)(=O)c1ccc(F)cc1. The second kappa shape index (κ2) is 6.12. The summed E-state index contributed by atoms with van der Waals surface area (Å²) in [6.07, 6.45) is 0.959. The first-order chi connectivity index (χ1) is 7.95. The van der Waals surface area contributed by atoms with Crippen LogP contribution in [0.1, 0.15) is 20.3 Å². The number of hydrogen-bond acceptors (Lipinski definition) is 3. The van der Waals surface area contributed by atoms with Gasteiger partial charge in [-0.05, 0) is 44.2 Å². The standard InChI is InChI=1S/C12H18FNO2S/c1-3-8-14-10(2)9-17(15,16)12-6-4-11(13)5-7-12/h4-7,10,14H,3,8-9H2,1-2H3. The lowest BCUT2D eigenvalue weighted by Crippen LogP contribution is -2.33. The summed E-state index contributed by atoms with van der Waals surface area (Å²) in [7, 11) is -3.34. The molecule has 0 aliphatic heterocycles. The summed E-state index contributed by atoms with van der Waals surface area (Å²) in [5.41, 5.74) is 0. The number of hydrogen-bond donors (Lipinski definition) is 1. The van der Waals surface area contributed by atoms with E-state index < -0.39 is 15.7 Å². The van der Waals surface area contributed by atoms with E-state index >= 15 is 0 Å². The van der Waals surface area contributed by atoms with Gasteiger partial charge >= 0.3 is 0 Å². The molecule has 0 fully saturated rings. The average molecular weight is 259 g/mol. The number of benzene rings is 1. The van der Waals surface area contributed by atoms with Crippen LogP contribution in [0.2, 0.25) is 0 Å². The average Bonchev–Trinajstić information content (AvgIpc) is 2.26. The summed E-state index contributed by atoms with van der Waals surface area (Å²) in [6.45, 7) is 4.64. The molecule has 0 amide bonds. The van der Waals surface area contributed by atoms with Gasteiger partial charge in [0.05, 0.1) is 10.6 Å². The van der Waals surface area contributed by atoms with Crippen molar-refractivity contribution in [3.05, 3.63) is 30.1 Å². The van der Waals surface area contributed by atoms with E-state index in [1.807, 2.05) is 13.8 Å². The molecular formula is C12H18FNO2S. The zero-order valence-corrected chi connectivity index (χ0v) is 10.9. The highest BCUT2D eigenvalue weighted by Crippen LogP contribution is 2.12. The van der Waals surface area contributed by atoms with Gasteiger partial charge in [-0.1, -0.05) is 6.92 Å². The van der Waals surface area contributed by atoms with Crippen LogP contribution in [0, 0.1) is 5.82 Å². The second-order valence-electron chi connectivity index (χ2n) is 4.09. The summed E-state index contributed by atoms with van der Waals surface area (Å²) in [4.78, 5) is 0.170. The molecule has 0 radical (unpaired) electrons. The molecule has 0 aliphatic rings. The van der Waals surface area contributed by atoms with Gasteiger partial charge in [-0.25, -0.2) is 12.8 Å². The smallest absolute Gasteiger partial charge is 0.179 e. The molecule has 0 bridgehead atoms. The van der Waals surface area contributed by atoms with E-state index in [9.17, 15) is 12.8 Å². The van der Waals surface area contributed by atoms with Crippen LogP contribution in [-0.2, 0) is 9.84 Å². The predicted octanol–water partition coefficient (Wildman–Crippen LogP) is 1.99. The van der Waals surface area contributed by atoms with E-state index in [-0.39, 0.29) is 16.7 Å². The third-order valence-electron chi connectivity index (χ3n) is 2.38. The summed E-state index contributed by atoms with van der Waals surface area (Å²) in [5.74, 6) is -0.403.